The molecule has 0 radical (unpaired) electrons. The maximum absolute atomic E-state index is 10.3. The molecule has 0 bridgehead atoms. The van der Waals surface area contributed by atoms with E-state index in [2.05, 4.69) is 4.74 Å². The first-order valence-corrected chi connectivity index (χ1v) is 5.77. The van der Waals surface area contributed by atoms with Gasteiger partial charge >= 0.3 is 47.5 Å². The molecule has 0 aliphatic carbocycles. The largest absolute Gasteiger partial charge is 1.00 e. The fraction of sp³-hybridized carbons (Fsp3) is 0.700. The van der Waals surface area contributed by atoms with Crippen LogP contribution in [0.15, 0.2) is 5.34 Å². The average Bonchev–Trinajstić information content (AvgIpc) is 2.66. The summed E-state index contributed by atoms with van der Waals surface area (Å²) >= 11 is 0. The van der Waals surface area contributed by atoms with Crippen LogP contribution < -0.4 is 35.3 Å². The van der Waals surface area contributed by atoms with Gasteiger partial charge in [-0.3, -0.25) is 14.4 Å². The Morgan fingerprint density at radius 2 is 1.84 bits per heavy atom. The molecule has 1 rings (SSSR count). The zero-order valence-electron chi connectivity index (χ0n) is 13.4. The molecule has 144 valence electrons. The second-order valence-electron chi connectivity index (χ2n) is 4.07. The summed E-state index contributed by atoms with van der Waals surface area (Å²) in [6, 6.07) is -1.54. The van der Waals surface area contributed by atoms with E-state index in [-0.39, 0.29) is 74.0 Å². The van der Waals surface area contributed by atoms with Crippen molar-refractivity contribution in [3.05, 3.63) is 10.1 Å². The molecule has 25 heavy (non-hydrogen) atoms. The van der Waals surface area contributed by atoms with E-state index >= 15 is 0 Å². The summed E-state index contributed by atoms with van der Waals surface area (Å²) in [5.74, 6) is -3.00. The molecule has 0 aromatic carbocycles. The van der Waals surface area contributed by atoms with E-state index in [1.54, 1.807) is 6.92 Å². The van der Waals surface area contributed by atoms with Gasteiger partial charge in [0.2, 0.25) is 0 Å². The number of esters is 1. The first kappa shape index (κ1) is 35.4. The number of rotatable bonds is 4. The smallest absolute Gasteiger partial charge is 0.481 e. The van der Waals surface area contributed by atoms with Crippen LogP contribution in [0.3, 0.4) is 0 Å². The van der Waals surface area contributed by atoms with Crippen LogP contribution in [0.2, 0.25) is 0 Å². The summed E-state index contributed by atoms with van der Waals surface area (Å²) in [5, 5.41) is 42.9. The number of carbonyl (C=O) groups is 3. The third-order valence-corrected chi connectivity index (χ3v) is 2.32. The predicted molar refractivity (Wildman–Crippen MR) is 86.8 cm³/mol. The van der Waals surface area contributed by atoms with Crippen molar-refractivity contribution in [3.8, 4) is 0 Å². The monoisotopic (exact) mass is 418 g/mol. The van der Waals surface area contributed by atoms with Crippen LogP contribution in [0.1, 0.15) is 19.8 Å². The molecule has 0 spiro atoms. The van der Waals surface area contributed by atoms with Gasteiger partial charge in [0.25, 0.3) is 0 Å². The number of cyclic esters (lactones) is 1. The van der Waals surface area contributed by atoms with E-state index in [1.165, 1.54) is 0 Å². The zero-order valence-corrected chi connectivity index (χ0v) is 17.2. The first-order chi connectivity index (χ1) is 10.1. The van der Waals surface area contributed by atoms with Crippen molar-refractivity contribution < 1.29 is 69.1 Å². The molecule has 1 aliphatic heterocycles. The Bertz CT molecular complexity index is 394. The van der Waals surface area contributed by atoms with Crippen LogP contribution >= 0.6 is 25.9 Å². The molecule has 4 atom stereocenters. The quantitative estimate of drug-likeness (QED) is 0.127. The molecule has 1 fully saturated rings. The summed E-state index contributed by atoms with van der Waals surface area (Å²) in [5.41, 5.74) is 4.90. The molecular formula is C10H20ClN2NaO10S. The number of carboxylic acid groups (broad SMARTS) is 2. The summed E-state index contributed by atoms with van der Waals surface area (Å²) < 4.78 is 4.58. The molecule has 1 heterocycles. The number of nitrogens with two attached hydrogens (primary N) is 1. The van der Waals surface area contributed by atoms with Crippen molar-refractivity contribution in [3.63, 3.8) is 0 Å². The Hall–Kier alpha value is -0.670. The SMILES string of the molecule is C[C@@H]1OC(=O)C[C@@H]1O.Cl.N[C@@H](C(=O)O)[C@H](O)CC(=O)O.O=N[O-].S.[Na+]. The molecule has 12 nitrogen and oxygen atoms in total. The van der Waals surface area contributed by atoms with Gasteiger partial charge in [-0.1, -0.05) is 0 Å². The molecule has 15 heteroatoms. The number of nitrogens with zero attached hydrogens (tertiary/aromatic N) is 1. The number of carbonyl (C=O) groups excluding carboxylic acids is 1. The van der Waals surface area contributed by atoms with Gasteiger partial charge in [-0.15, -0.1) is 17.7 Å². The maximum Gasteiger partial charge on any atom is 1.00 e. The number of hydrogen-bond donors (Lipinski definition) is 5. The summed E-state index contributed by atoms with van der Waals surface area (Å²) in [7, 11) is 0. The predicted octanol–water partition coefficient (Wildman–Crippen LogP) is -4.29. The van der Waals surface area contributed by atoms with Crippen molar-refractivity contribution >= 4 is 43.8 Å². The Balaban J connectivity index is -0.0000000851. The molecule has 1 aliphatic rings. The average molecular weight is 419 g/mol. The second-order valence-corrected chi connectivity index (χ2v) is 4.07. The van der Waals surface area contributed by atoms with Crippen LogP contribution in [0, 0.1) is 10.1 Å². The molecule has 0 saturated carbocycles. The van der Waals surface area contributed by atoms with Crippen molar-refractivity contribution in [1.29, 1.82) is 0 Å². The van der Waals surface area contributed by atoms with Crippen LogP contribution in [-0.2, 0) is 19.1 Å². The van der Waals surface area contributed by atoms with Gasteiger partial charge in [0.15, 0.2) is 0 Å². The van der Waals surface area contributed by atoms with Crippen molar-refractivity contribution in [1.82, 2.24) is 0 Å². The van der Waals surface area contributed by atoms with E-state index in [9.17, 15) is 14.4 Å². The fourth-order valence-electron chi connectivity index (χ4n) is 1.14. The number of carboxylic acids is 2. The fourth-order valence-corrected chi connectivity index (χ4v) is 1.14. The third-order valence-electron chi connectivity index (χ3n) is 2.32. The summed E-state index contributed by atoms with van der Waals surface area (Å²) in [4.78, 5) is 38.3. The van der Waals surface area contributed by atoms with Crippen LogP contribution in [0.4, 0.5) is 0 Å². The molecule has 0 aromatic rings. The van der Waals surface area contributed by atoms with Gasteiger partial charge in [0.05, 0.1) is 18.9 Å². The number of ether oxygens (including phenoxy) is 1. The molecule has 6 N–H and O–H groups in total. The summed E-state index contributed by atoms with van der Waals surface area (Å²) in [6.07, 6.45) is -2.93. The van der Waals surface area contributed by atoms with Crippen molar-refractivity contribution in [2.24, 2.45) is 11.1 Å². The normalized spacial score (nSPS) is 19.3. The maximum atomic E-state index is 10.3. The Morgan fingerprint density at radius 1 is 1.44 bits per heavy atom. The van der Waals surface area contributed by atoms with E-state index in [1.807, 2.05) is 0 Å². The van der Waals surface area contributed by atoms with E-state index in [4.69, 9.17) is 36.3 Å². The van der Waals surface area contributed by atoms with Crippen LogP contribution in [-0.4, -0.2) is 62.7 Å². The molecule has 0 unspecified atom stereocenters. The van der Waals surface area contributed by atoms with Gasteiger partial charge in [-0.2, -0.15) is 13.5 Å². The molecule has 1 saturated heterocycles. The second kappa shape index (κ2) is 19.7. The molecule has 0 amide bonds. The van der Waals surface area contributed by atoms with Gasteiger partial charge in [0, 0.05) is 0 Å². The standard InChI is InChI=1S/C5H9NO5.C5H8O3.ClH.HNO2.Na.H2S/c6-4(5(10)11)2(7)1-3(8)9;1-3-4(6)2-5(7)8-3;;2-1-3;;/h2,4,7H,1,6H2,(H,8,9)(H,10,11);3-4,6H,2H2,1H3;1H;(H,2,3);;1H2/q;;;;+1;/p-1/t2-,4-;3-,4-;;;;/m10..../s1. The molecule has 0 aromatic heterocycles. The van der Waals surface area contributed by atoms with Gasteiger partial charge in [0.1, 0.15) is 18.2 Å². The van der Waals surface area contributed by atoms with Gasteiger partial charge < -0.3 is 41.0 Å². The number of aliphatic hydroxyl groups excluding tert-OH is 2. The van der Waals surface area contributed by atoms with E-state index in [0.29, 0.717) is 0 Å². The van der Waals surface area contributed by atoms with Crippen LogP contribution in [0.5, 0.6) is 0 Å². The number of halogens is 1. The molecular weight excluding hydrogens is 399 g/mol. The number of aliphatic hydroxyl groups is 2. The number of hydrogen-bond acceptors (Lipinski definition) is 10. The van der Waals surface area contributed by atoms with E-state index in [0.717, 1.165) is 5.34 Å². The number of aliphatic carboxylic acids is 2. The zero-order chi connectivity index (χ0) is 17.9. The van der Waals surface area contributed by atoms with E-state index < -0.39 is 36.6 Å². The topological polar surface area (TPSA) is 220 Å². The third kappa shape index (κ3) is 19.5. The Kier molecular flexibility index (Phi) is 27.9. The minimum absolute atomic E-state index is 0. The Labute approximate surface area is 177 Å². The van der Waals surface area contributed by atoms with Crippen molar-refractivity contribution in [2.75, 3.05) is 0 Å². The van der Waals surface area contributed by atoms with Gasteiger partial charge in [-0.05, 0) is 6.92 Å². The first-order valence-electron chi connectivity index (χ1n) is 5.77. The van der Waals surface area contributed by atoms with Crippen molar-refractivity contribution in [2.45, 2.75) is 44.1 Å². The minimum Gasteiger partial charge on any atom is -0.481 e. The minimum atomic E-state index is -1.54. The summed E-state index contributed by atoms with van der Waals surface area (Å²) in [6.45, 7) is 1.68. The van der Waals surface area contributed by atoms with Gasteiger partial charge in [-0.25, -0.2) is 0 Å². The van der Waals surface area contributed by atoms with Crippen LogP contribution in [0.25, 0.3) is 0 Å². The Morgan fingerprint density at radius 3 is 2.00 bits per heavy atom.